The van der Waals surface area contributed by atoms with Crippen LogP contribution < -0.4 is 14.2 Å². The molecule has 0 bridgehead atoms. The van der Waals surface area contributed by atoms with E-state index in [1.165, 1.54) is 16.7 Å². The minimum absolute atomic E-state index is 0.0614. The Kier molecular flexibility index (Phi) is 7.20. The van der Waals surface area contributed by atoms with Crippen LogP contribution in [-0.2, 0) is 21.2 Å². The number of hydrogen-bond acceptors (Lipinski definition) is 6. The molecular weight excluding hydrogens is 514 g/mol. The van der Waals surface area contributed by atoms with Gasteiger partial charge in [-0.2, -0.15) is 0 Å². The van der Waals surface area contributed by atoms with Crippen molar-refractivity contribution in [2.45, 2.75) is 70.3 Å². The average molecular weight is 550 g/mol. The van der Waals surface area contributed by atoms with E-state index in [1.54, 1.807) is 38.1 Å². The van der Waals surface area contributed by atoms with Gasteiger partial charge in [0.2, 0.25) is 15.9 Å². The highest BCUT2D eigenvalue weighted by Crippen LogP contribution is 2.42. The molecule has 1 aliphatic heterocycles. The second-order valence-electron chi connectivity index (χ2n) is 11.2. The van der Waals surface area contributed by atoms with Gasteiger partial charge >= 0.3 is 0 Å². The number of sulfonamides is 1. The minimum atomic E-state index is -3.67. The highest BCUT2D eigenvalue weighted by atomic mass is 32.2. The molecular formula is C31H35NO6S. The Hall–Kier alpha value is -3.36. The smallest absolute Gasteiger partial charge is 0.242 e. The normalized spacial score (nSPS) is 20.0. The van der Waals surface area contributed by atoms with E-state index in [-0.39, 0.29) is 12.5 Å². The van der Waals surface area contributed by atoms with Crippen LogP contribution in [-0.4, -0.2) is 31.6 Å². The zero-order chi connectivity index (χ0) is 27.9. The van der Waals surface area contributed by atoms with Gasteiger partial charge in [-0.3, -0.25) is 9.52 Å². The van der Waals surface area contributed by atoms with Gasteiger partial charge in [-0.1, -0.05) is 30.3 Å². The summed E-state index contributed by atoms with van der Waals surface area (Å²) in [7, 11) is -3.67. The van der Waals surface area contributed by atoms with Crippen molar-refractivity contribution in [2.75, 3.05) is 6.61 Å². The van der Waals surface area contributed by atoms with Crippen LogP contribution in [0.1, 0.15) is 72.3 Å². The molecule has 5 rings (SSSR count). The molecule has 0 spiro atoms. The second kappa shape index (κ2) is 10.3. The van der Waals surface area contributed by atoms with E-state index < -0.39 is 26.8 Å². The number of aryl methyl sites for hydroxylation is 2. The van der Waals surface area contributed by atoms with Crippen molar-refractivity contribution in [3.05, 3.63) is 82.4 Å². The fourth-order valence-electron chi connectivity index (χ4n) is 5.60. The van der Waals surface area contributed by atoms with Gasteiger partial charge in [-0.05, 0) is 104 Å². The van der Waals surface area contributed by atoms with Gasteiger partial charge in [-0.15, -0.1) is 0 Å². The van der Waals surface area contributed by atoms with Gasteiger partial charge in [0.15, 0.2) is 0 Å². The van der Waals surface area contributed by atoms with E-state index in [2.05, 4.69) is 48.9 Å². The molecule has 2 aliphatic rings. The topological polar surface area (TPSA) is 102 Å². The highest BCUT2D eigenvalue weighted by molar-refractivity contribution is 7.90. The van der Waals surface area contributed by atoms with Crippen LogP contribution in [0.5, 0.6) is 11.5 Å². The Morgan fingerprint density at radius 1 is 1.03 bits per heavy atom. The predicted octanol–water partition coefficient (Wildman–Crippen LogP) is 5.47. The van der Waals surface area contributed by atoms with Gasteiger partial charge in [0, 0.05) is 6.42 Å². The largest absolute Gasteiger partial charge is 0.493 e. The van der Waals surface area contributed by atoms with Crippen LogP contribution in [0.3, 0.4) is 0 Å². The summed E-state index contributed by atoms with van der Waals surface area (Å²) in [6.45, 7) is 8.21. The summed E-state index contributed by atoms with van der Waals surface area (Å²) in [5.74, 6) is 0.995. The third kappa shape index (κ3) is 5.82. The number of fused-ring (bicyclic) bond motifs is 1. The molecule has 1 heterocycles. The van der Waals surface area contributed by atoms with E-state index in [1.807, 2.05) is 0 Å². The fraction of sp³-hybridized carbons (Fsp3) is 0.387. The fourth-order valence-corrected chi connectivity index (χ4v) is 7.02. The maximum atomic E-state index is 12.2. The van der Waals surface area contributed by atoms with Crippen LogP contribution in [0, 0.1) is 13.8 Å². The molecule has 0 radical (unpaired) electrons. The van der Waals surface area contributed by atoms with Crippen molar-refractivity contribution in [3.63, 3.8) is 0 Å². The first-order chi connectivity index (χ1) is 18.4. The van der Waals surface area contributed by atoms with Crippen molar-refractivity contribution >= 4 is 15.9 Å². The number of carbonyl (C=O) groups excluding carboxylic acids is 1. The van der Waals surface area contributed by atoms with E-state index in [0.29, 0.717) is 24.3 Å². The summed E-state index contributed by atoms with van der Waals surface area (Å²) in [6.07, 6.45) is 2.13. The molecule has 3 aromatic carbocycles. The predicted molar refractivity (Wildman–Crippen MR) is 150 cm³/mol. The van der Waals surface area contributed by atoms with Gasteiger partial charge < -0.3 is 14.6 Å². The molecule has 1 unspecified atom stereocenters. The summed E-state index contributed by atoms with van der Waals surface area (Å²) >= 11 is 0. The number of benzene rings is 3. The van der Waals surface area contributed by atoms with Gasteiger partial charge in [-0.25, -0.2) is 8.42 Å². The molecule has 1 saturated heterocycles. The first-order valence-corrected chi connectivity index (χ1v) is 14.9. The molecule has 1 aliphatic carbocycles. The number of rotatable bonds is 8. The molecule has 0 saturated carbocycles. The second-order valence-corrected chi connectivity index (χ2v) is 13.1. The van der Waals surface area contributed by atoms with Crippen LogP contribution in [0.2, 0.25) is 0 Å². The lowest BCUT2D eigenvalue weighted by Crippen LogP contribution is -2.21. The van der Waals surface area contributed by atoms with Crippen LogP contribution >= 0.6 is 0 Å². The number of aliphatic hydroxyl groups is 1. The number of ether oxygens (including phenoxy) is 2. The van der Waals surface area contributed by atoms with Crippen LogP contribution in [0.25, 0.3) is 11.1 Å². The molecule has 8 heteroatoms. The summed E-state index contributed by atoms with van der Waals surface area (Å²) < 4.78 is 38.7. The van der Waals surface area contributed by atoms with E-state index in [0.717, 1.165) is 35.3 Å². The summed E-state index contributed by atoms with van der Waals surface area (Å²) in [5.41, 5.74) is 6.94. The molecule has 1 amide bonds. The zero-order valence-corrected chi connectivity index (χ0v) is 23.6. The summed E-state index contributed by atoms with van der Waals surface area (Å²) in [4.78, 5) is 11.6. The van der Waals surface area contributed by atoms with E-state index in [9.17, 15) is 18.3 Å². The molecule has 7 nitrogen and oxygen atoms in total. The molecule has 2 atom stereocenters. The Morgan fingerprint density at radius 2 is 1.72 bits per heavy atom. The van der Waals surface area contributed by atoms with Crippen molar-refractivity contribution in [3.8, 4) is 22.6 Å². The molecule has 0 aromatic heterocycles. The van der Waals surface area contributed by atoms with E-state index in [4.69, 9.17) is 9.47 Å². The van der Waals surface area contributed by atoms with Crippen molar-refractivity contribution < 1.29 is 27.8 Å². The molecule has 3 aromatic rings. The molecule has 206 valence electrons. The van der Waals surface area contributed by atoms with Gasteiger partial charge in [0.1, 0.15) is 22.9 Å². The molecule has 2 N–H and O–H groups in total. The number of amides is 1. The minimum Gasteiger partial charge on any atom is -0.493 e. The third-order valence-corrected chi connectivity index (χ3v) is 9.21. The highest BCUT2D eigenvalue weighted by Gasteiger charge is 2.37. The summed E-state index contributed by atoms with van der Waals surface area (Å²) in [6, 6.07) is 17.5. The van der Waals surface area contributed by atoms with Gasteiger partial charge in [0.05, 0.1) is 18.6 Å². The monoisotopic (exact) mass is 549 g/mol. The lowest BCUT2D eigenvalue weighted by Gasteiger charge is -2.20. The lowest BCUT2D eigenvalue weighted by atomic mass is 9.90. The zero-order valence-electron chi connectivity index (χ0n) is 22.8. The first-order valence-electron chi connectivity index (χ1n) is 13.3. The third-order valence-electron chi connectivity index (χ3n) is 7.51. The SMILES string of the molecule is Cc1cc(OCCC(C)(C)O)cc(C)c1-c1cccc2c1CC[C@H]2Oc1ccc(C2CC(=O)NS2(=O)=O)cc1. The number of carbonyl (C=O) groups is 1. The number of nitrogens with one attached hydrogen (secondary N) is 1. The maximum absolute atomic E-state index is 12.2. The van der Waals surface area contributed by atoms with Crippen LogP contribution in [0.4, 0.5) is 0 Å². The lowest BCUT2D eigenvalue weighted by molar-refractivity contribution is -0.118. The quantitative estimate of drug-likeness (QED) is 0.387. The molecule has 1 fully saturated rings. The standard InChI is InChI=1S/C31H35NO6S/c1-19-16-23(37-15-14-31(3,4)34)17-20(2)30(19)26-7-5-6-25-24(26)12-13-27(25)38-22-10-8-21(9-11-22)28-18-29(33)32-39(28,35)36/h5-11,16-17,27-28,34H,12-15,18H2,1-4H3,(H,32,33)/t27-,28?/m1/s1. The average Bonchev–Trinajstić information content (AvgIpc) is 3.37. The van der Waals surface area contributed by atoms with E-state index >= 15 is 0 Å². The first kappa shape index (κ1) is 27.2. The van der Waals surface area contributed by atoms with Crippen LogP contribution in [0.15, 0.2) is 54.6 Å². The maximum Gasteiger partial charge on any atom is 0.242 e. The summed E-state index contributed by atoms with van der Waals surface area (Å²) in [5, 5.41) is 9.10. The van der Waals surface area contributed by atoms with Crippen molar-refractivity contribution in [1.29, 1.82) is 0 Å². The van der Waals surface area contributed by atoms with Crippen molar-refractivity contribution in [2.24, 2.45) is 0 Å². The molecule has 39 heavy (non-hydrogen) atoms. The van der Waals surface area contributed by atoms with Gasteiger partial charge in [0.25, 0.3) is 0 Å². The van der Waals surface area contributed by atoms with Crippen molar-refractivity contribution in [1.82, 2.24) is 4.72 Å². The number of hydrogen-bond donors (Lipinski definition) is 2. The Bertz CT molecular complexity index is 1480. The Balaban J connectivity index is 1.34. The Labute approximate surface area is 230 Å². The Morgan fingerprint density at radius 3 is 2.33 bits per heavy atom.